The first-order valence-corrected chi connectivity index (χ1v) is 9.10. The van der Waals surface area contributed by atoms with Crippen LogP contribution in [0.25, 0.3) is 0 Å². The molecule has 3 heterocycles. The van der Waals surface area contributed by atoms with E-state index in [2.05, 4.69) is 38.0 Å². The second-order valence-corrected chi connectivity index (χ2v) is 7.07. The van der Waals surface area contributed by atoms with Crippen LogP contribution >= 0.6 is 0 Å². The summed E-state index contributed by atoms with van der Waals surface area (Å²) in [6, 6.07) is 4.84. The highest BCUT2D eigenvalue weighted by atomic mass is 16.5. The maximum atomic E-state index is 9.55. The standard InChI is InChI=1S/C19H26N6O/c1-13-10-18(17(11-20)14(2)21-13)25-8-5-6-16(7-9-25)24(4)12-19-22-15(3)26-23-19/h10,16H,5-9,12H2,1-4H3/t16-/m0/s1. The SMILES string of the molecule is Cc1cc(N2CCC[C@H](N(C)Cc3noc(C)n3)CC2)c(C#N)c(C)n1. The van der Waals surface area contributed by atoms with Gasteiger partial charge in [-0.15, -0.1) is 0 Å². The van der Waals surface area contributed by atoms with Crippen molar-refractivity contribution in [1.82, 2.24) is 20.0 Å². The van der Waals surface area contributed by atoms with Crippen molar-refractivity contribution in [2.24, 2.45) is 0 Å². The van der Waals surface area contributed by atoms with E-state index in [1.54, 1.807) is 0 Å². The zero-order chi connectivity index (χ0) is 18.7. The summed E-state index contributed by atoms with van der Waals surface area (Å²) in [5.41, 5.74) is 3.49. The van der Waals surface area contributed by atoms with E-state index in [4.69, 9.17) is 4.52 Å². The third-order valence-corrected chi connectivity index (χ3v) is 5.04. The van der Waals surface area contributed by atoms with Crippen molar-refractivity contribution < 1.29 is 4.52 Å². The van der Waals surface area contributed by atoms with Crippen molar-refractivity contribution in [3.05, 3.63) is 34.7 Å². The molecule has 1 atom stereocenters. The Hall–Kier alpha value is -2.46. The molecular formula is C19H26N6O. The third kappa shape index (κ3) is 4.02. The fourth-order valence-corrected chi connectivity index (χ4v) is 3.71. The molecule has 1 aliphatic rings. The highest BCUT2D eigenvalue weighted by molar-refractivity contribution is 5.61. The Morgan fingerprint density at radius 1 is 1.27 bits per heavy atom. The molecule has 26 heavy (non-hydrogen) atoms. The van der Waals surface area contributed by atoms with Gasteiger partial charge >= 0.3 is 0 Å². The van der Waals surface area contributed by atoms with Crippen molar-refractivity contribution in [2.45, 2.75) is 52.6 Å². The maximum absolute atomic E-state index is 9.55. The molecule has 2 aromatic heterocycles. The van der Waals surface area contributed by atoms with Gasteiger partial charge in [0.15, 0.2) is 5.82 Å². The topological polar surface area (TPSA) is 82.1 Å². The van der Waals surface area contributed by atoms with Crippen LogP contribution in [0.5, 0.6) is 0 Å². The Labute approximate surface area is 154 Å². The number of rotatable bonds is 4. The number of hydrogen-bond donors (Lipinski definition) is 0. The van der Waals surface area contributed by atoms with Crippen LogP contribution in [-0.4, -0.2) is 46.2 Å². The Kier molecular flexibility index (Phi) is 5.52. The summed E-state index contributed by atoms with van der Waals surface area (Å²) in [6.07, 6.45) is 3.25. The lowest BCUT2D eigenvalue weighted by Gasteiger charge is -2.27. The number of hydrogen-bond acceptors (Lipinski definition) is 7. The minimum absolute atomic E-state index is 0.466. The Morgan fingerprint density at radius 2 is 2.08 bits per heavy atom. The van der Waals surface area contributed by atoms with Crippen LogP contribution in [0.4, 0.5) is 5.69 Å². The van der Waals surface area contributed by atoms with E-state index in [9.17, 15) is 5.26 Å². The molecule has 2 aromatic rings. The summed E-state index contributed by atoms with van der Waals surface area (Å²) >= 11 is 0. The van der Waals surface area contributed by atoms with Gasteiger partial charge in [0.25, 0.3) is 0 Å². The van der Waals surface area contributed by atoms with Crippen LogP contribution in [0.1, 0.15) is 47.9 Å². The van der Waals surface area contributed by atoms with Crippen LogP contribution in [0.2, 0.25) is 0 Å². The molecule has 138 valence electrons. The highest BCUT2D eigenvalue weighted by Crippen LogP contribution is 2.27. The van der Waals surface area contributed by atoms with Crippen molar-refractivity contribution in [3.8, 4) is 6.07 Å². The van der Waals surface area contributed by atoms with E-state index in [0.29, 0.717) is 24.0 Å². The summed E-state index contributed by atoms with van der Waals surface area (Å²) in [5, 5.41) is 13.5. The molecule has 0 bridgehead atoms. The molecule has 7 nitrogen and oxygen atoms in total. The van der Waals surface area contributed by atoms with Crippen LogP contribution < -0.4 is 4.90 Å². The van der Waals surface area contributed by atoms with Crippen molar-refractivity contribution in [1.29, 1.82) is 5.26 Å². The van der Waals surface area contributed by atoms with Crippen LogP contribution in [0.3, 0.4) is 0 Å². The average Bonchev–Trinajstić information content (AvgIpc) is 2.85. The lowest BCUT2D eigenvalue weighted by molar-refractivity contribution is 0.209. The number of anilines is 1. The van der Waals surface area contributed by atoms with Gasteiger partial charge in [-0.3, -0.25) is 9.88 Å². The van der Waals surface area contributed by atoms with E-state index in [1.165, 1.54) is 0 Å². The molecular weight excluding hydrogens is 328 g/mol. The van der Waals surface area contributed by atoms with Crippen LogP contribution in [0, 0.1) is 32.1 Å². The van der Waals surface area contributed by atoms with E-state index >= 15 is 0 Å². The van der Waals surface area contributed by atoms with Gasteiger partial charge in [0, 0.05) is 31.7 Å². The fraction of sp³-hybridized carbons (Fsp3) is 0.579. The minimum atomic E-state index is 0.466. The first-order valence-electron chi connectivity index (χ1n) is 9.10. The second kappa shape index (κ2) is 7.83. The smallest absolute Gasteiger partial charge is 0.223 e. The summed E-state index contributed by atoms with van der Waals surface area (Å²) in [7, 11) is 2.12. The van der Waals surface area contributed by atoms with Gasteiger partial charge in [0.1, 0.15) is 6.07 Å². The molecule has 0 radical (unpaired) electrons. The zero-order valence-electron chi connectivity index (χ0n) is 16.0. The normalized spacial score (nSPS) is 18.0. The summed E-state index contributed by atoms with van der Waals surface area (Å²) < 4.78 is 5.07. The molecule has 0 spiro atoms. The lowest BCUT2D eigenvalue weighted by Crippen LogP contribution is -2.33. The lowest BCUT2D eigenvalue weighted by atomic mass is 10.1. The van der Waals surface area contributed by atoms with E-state index < -0.39 is 0 Å². The number of aromatic nitrogens is 3. The Bertz CT molecular complexity index is 809. The Morgan fingerprint density at radius 3 is 2.77 bits per heavy atom. The summed E-state index contributed by atoms with van der Waals surface area (Å²) in [6.45, 7) is 8.29. The van der Waals surface area contributed by atoms with Crippen LogP contribution in [0.15, 0.2) is 10.6 Å². The number of aryl methyl sites for hydroxylation is 3. The molecule has 7 heteroatoms. The first-order chi connectivity index (χ1) is 12.5. The molecule has 3 rings (SSSR count). The molecule has 0 saturated carbocycles. The summed E-state index contributed by atoms with van der Waals surface area (Å²) in [5.74, 6) is 1.34. The van der Waals surface area contributed by atoms with Gasteiger partial charge < -0.3 is 9.42 Å². The minimum Gasteiger partial charge on any atom is -0.370 e. The average molecular weight is 354 g/mol. The largest absolute Gasteiger partial charge is 0.370 e. The highest BCUT2D eigenvalue weighted by Gasteiger charge is 2.23. The molecule has 0 N–H and O–H groups in total. The maximum Gasteiger partial charge on any atom is 0.223 e. The van der Waals surface area contributed by atoms with Gasteiger partial charge in [-0.05, 0) is 46.2 Å². The Balaban J connectivity index is 1.70. The molecule has 1 saturated heterocycles. The molecule has 0 aromatic carbocycles. The number of nitrogens with zero attached hydrogens (tertiary/aromatic N) is 6. The monoisotopic (exact) mass is 354 g/mol. The van der Waals surface area contributed by atoms with Gasteiger partial charge in [0.2, 0.25) is 5.89 Å². The van der Waals surface area contributed by atoms with Crippen molar-refractivity contribution in [2.75, 3.05) is 25.0 Å². The molecule has 1 fully saturated rings. The number of pyridine rings is 1. The molecule has 1 aliphatic heterocycles. The second-order valence-electron chi connectivity index (χ2n) is 7.07. The van der Waals surface area contributed by atoms with Gasteiger partial charge in [-0.2, -0.15) is 10.2 Å². The first kappa shape index (κ1) is 18.3. The predicted octanol–water partition coefficient (Wildman–Crippen LogP) is 2.75. The van der Waals surface area contributed by atoms with Gasteiger partial charge in [-0.25, -0.2) is 0 Å². The molecule has 0 amide bonds. The summed E-state index contributed by atoms with van der Waals surface area (Å²) in [4.78, 5) is 13.4. The van der Waals surface area contributed by atoms with Gasteiger partial charge in [0.05, 0.1) is 23.5 Å². The van der Waals surface area contributed by atoms with E-state index in [1.807, 2.05) is 26.8 Å². The van der Waals surface area contributed by atoms with Gasteiger partial charge in [-0.1, -0.05) is 5.16 Å². The number of nitriles is 1. The quantitative estimate of drug-likeness (QED) is 0.835. The van der Waals surface area contributed by atoms with Crippen LogP contribution in [-0.2, 0) is 6.54 Å². The van der Waals surface area contributed by atoms with E-state index in [-0.39, 0.29) is 0 Å². The molecule has 0 unspecified atom stereocenters. The third-order valence-electron chi connectivity index (χ3n) is 5.04. The van der Waals surface area contributed by atoms with Crippen molar-refractivity contribution >= 4 is 5.69 Å². The van der Waals surface area contributed by atoms with E-state index in [0.717, 1.165) is 55.3 Å². The zero-order valence-corrected chi connectivity index (χ0v) is 16.0. The fourth-order valence-electron chi connectivity index (χ4n) is 3.71. The predicted molar refractivity (Wildman–Crippen MR) is 98.8 cm³/mol. The van der Waals surface area contributed by atoms with Crippen molar-refractivity contribution in [3.63, 3.8) is 0 Å². The molecule has 0 aliphatic carbocycles.